The van der Waals surface area contributed by atoms with Crippen LogP contribution < -0.4 is 10.1 Å². The number of anilines is 1. The summed E-state index contributed by atoms with van der Waals surface area (Å²) in [5.41, 5.74) is -0.644. The van der Waals surface area contributed by atoms with Gasteiger partial charge in [0.1, 0.15) is 11.6 Å². The molecule has 0 aliphatic carbocycles. The molecule has 192 valence electrons. The second-order valence-corrected chi connectivity index (χ2v) is 9.19. The number of aromatic nitrogens is 2. The van der Waals surface area contributed by atoms with Crippen molar-refractivity contribution in [2.24, 2.45) is 0 Å². The molecule has 1 amide bonds. The lowest BCUT2D eigenvalue weighted by Gasteiger charge is -2.39. The highest BCUT2D eigenvalue weighted by molar-refractivity contribution is 5.95. The summed E-state index contributed by atoms with van der Waals surface area (Å²) < 4.78 is 46.8. The number of benzene rings is 2. The molecule has 1 aliphatic heterocycles. The van der Waals surface area contributed by atoms with E-state index in [2.05, 4.69) is 15.5 Å². The van der Waals surface area contributed by atoms with E-state index >= 15 is 0 Å². The number of hydrogen-bond donors (Lipinski definition) is 2. The van der Waals surface area contributed by atoms with Gasteiger partial charge in [-0.3, -0.25) is 4.79 Å². The number of piperidine rings is 1. The fraction of sp³-hybridized carbons (Fsp3) is 0.423. The summed E-state index contributed by atoms with van der Waals surface area (Å²) in [6.45, 7) is 5.75. The summed E-state index contributed by atoms with van der Waals surface area (Å²) in [5, 5.41) is 24.4. The fourth-order valence-electron chi connectivity index (χ4n) is 4.76. The molecule has 7 nitrogen and oxygen atoms in total. The van der Waals surface area contributed by atoms with E-state index in [0.717, 1.165) is 6.07 Å². The number of fused-ring (bicyclic) bond motifs is 1. The number of alkyl halides is 2. The number of nitrogens with zero attached hydrogens (tertiary/aromatic N) is 3. The number of likely N-dealkylation sites (tertiary alicyclic amines) is 1. The number of nitrogens with one attached hydrogen (secondary N) is 1. The average Bonchev–Trinajstić information content (AvgIpc) is 2.85. The highest BCUT2D eigenvalue weighted by atomic mass is 19.3. The van der Waals surface area contributed by atoms with Crippen molar-refractivity contribution in [2.75, 3.05) is 25.5 Å². The van der Waals surface area contributed by atoms with Gasteiger partial charge in [-0.15, -0.1) is 5.10 Å². The molecule has 10 heteroatoms. The minimum atomic E-state index is -2.93. The Morgan fingerprint density at radius 1 is 1.17 bits per heavy atom. The van der Waals surface area contributed by atoms with Gasteiger partial charge in [-0.1, -0.05) is 18.2 Å². The Morgan fingerprint density at radius 2 is 1.83 bits per heavy atom. The molecule has 1 saturated heterocycles. The zero-order valence-electron chi connectivity index (χ0n) is 20.6. The predicted octanol–water partition coefficient (Wildman–Crippen LogP) is 5.03. The van der Waals surface area contributed by atoms with E-state index in [1.807, 2.05) is 0 Å². The van der Waals surface area contributed by atoms with E-state index in [0.29, 0.717) is 59.5 Å². The molecule has 1 aliphatic rings. The Balaban J connectivity index is 1.76. The van der Waals surface area contributed by atoms with Gasteiger partial charge in [-0.2, -0.15) is 5.10 Å². The molecule has 0 bridgehead atoms. The van der Waals surface area contributed by atoms with Crippen molar-refractivity contribution in [3.8, 4) is 5.75 Å². The number of halogens is 3. The number of carbonyl (C=O) groups excluding carboxylic acids is 1. The van der Waals surface area contributed by atoms with Crippen molar-refractivity contribution in [3.05, 3.63) is 58.5 Å². The first-order valence-corrected chi connectivity index (χ1v) is 11.7. The van der Waals surface area contributed by atoms with Gasteiger partial charge in [-0.25, -0.2) is 13.2 Å². The van der Waals surface area contributed by atoms with Gasteiger partial charge in [0.2, 0.25) is 5.91 Å². The number of aryl methyl sites for hydroxylation is 1. The monoisotopic (exact) mass is 502 g/mol. The van der Waals surface area contributed by atoms with Gasteiger partial charge in [0.05, 0.1) is 30.0 Å². The first-order valence-electron chi connectivity index (χ1n) is 11.7. The maximum absolute atomic E-state index is 14.8. The lowest BCUT2D eigenvalue weighted by atomic mass is 9.82. The largest absolute Gasteiger partial charge is 0.496 e. The molecular weight excluding hydrogens is 473 g/mol. The molecule has 0 unspecified atom stereocenters. The zero-order valence-corrected chi connectivity index (χ0v) is 20.6. The normalized spacial score (nSPS) is 16.3. The van der Waals surface area contributed by atoms with E-state index in [1.165, 1.54) is 26.2 Å². The lowest BCUT2D eigenvalue weighted by molar-refractivity contribution is -0.133. The molecule has 2 N–H and O–H groups in total. The topological polar surface area (TPSA) is 87.6 Å². The number of rotatable bonds is 6. The van der Waals surface area contributed by atoms with E-state index < -0.39 is 29.4 Å². The van der Waals surface area contributed by atoms with Crippen LogP contribution in [0, 0.1) is 12.7 Å². The summed E-state index contributed by atoms with van der Waals surface area (Å²) >= 11 is 0. The molecular formula is C26H29F3N4O3. The van der Waals surface area contributed by atoms with Crippen LogP contribution in [-0.4, -0.2) is 46.3 Å². The average molecular weight is 503 g/mol. The molecule has 0 radical (unpaired) electrons. The summed E-state index contributed by atoms with van der Waals surface area (Å²) in [4.78, 5) is 13.4. The predicted molar refractivity (Wildman–Crippen MR) is 130 cm³/mol. The van der Waals surface area contributed by atoms with Crippen molar-refractivity contribution >= 4 is 22.5 Å². The molecule has 1 aromatic heterocycles. The zero-order chi connectivity index (χ0) is 26.2. The second-order valence-electron chi connectivity index (χ2n) is 9.19. The lowest BCUT2D eigenvalue weighted by Crippen LogP contribution is -2.44. The molecule has 2 heterocycles. The van der Waals surface area contributed by atoms with Gasteiger partial charge < -0.3 is 20.1 Å². The number of methoxy groups -OCH3 is 1. The molecule has 3 aromatic rings. The Hall–Kier alpha value is -3.40. The first kappa shape index (κ1) is 25.7. The highest BCUT2D eigenvalue weighted by Gasteiger charge is 2.37. The smallest absolute Gasteiger partial charge is 0.266 e. The Labute approximate surface area is 207 Å². The van der Waals surface area contributed by atoms with Crippen LogP contribution in [0.25, 0.3) is 10.8 Å². The molecule has 0 saturated carbocycles. The third kappa shape index (κ3) is 4.69. The van der Waals surface area contributed by atoms with E-state index in [9.17, 15) is 23.1 Å². The summed E-state index contributed by atoms with van der Waals surface area (Å²) in [5.74, 6) is -0.214. The maximum Gasteiger partial charge on any atom is 0.266 e. The fourth-order valence-corrected chi connectivity index (χ4v) is 4.76. The minimum Gasteiger partial charge on any atom is -0.496 e. The van der Waals surface area contributed by atoms with Crippen molar-refractivity contribution in [1.82, 2.24) is 15.1 Å². The standard InChI is InChI=1S/C26H29F3N4O3/c1-14(17-6-5-7-18(23(17)27)24(28)29)30-25-20-12-21(22(36-4)13-19(20)15(2)31-32-25)26(35)8-10-33(11-9-26)16(3)34/h5-7,12-14,24,35H,8-11H2,1-4H3,(H,30,32)/t14-/m1/s1. The van der Waals surface area contributed by atoms with Gasteiger partial charge in [0.15, 0.2) is 5.82 Å². The van der Waals surface area contributed by atoms with Gasteiger partial charge >= 0.3 is 0 Å². The second kappa shape index (κ2) is 9.93. The van der Waals surface area contributed by atoms with Gasteiger partial charge in [0, 0.05) is 41.9 Å². The van der Waals surface area contributed by atoms with E-state index in [1.54, 1.807) is 30.9 Å². The van der Waals surface area contributed by atoms with E-state index in [-0.39, 0.29) is 11.5 Å². The van der Waals surface area contributed by atoms with Crippen LogP contribution in [0.2, 0.25) is 0 Å². The summed E-state index contributed by atoms with van der Waals surface area (Å²) in [6.07, 6.45) is -2.27. The Morgan fingerprint density at radius 3 is 2.44 bits per heavy atom. The maximum atomic E-state index is 14.8. The summed E-state index contributed by atoms with van der Waals surface area (Å²) in [6, 6.07) is 6.76. The van der Waals surface area contributed by atoms with E-state index in [4.69, 9.17) is 4.74 Å². The SMILES string of the molecule is COc1cc2c(C)nnc(N[C@H](C)c3cccc(C(F)F)c3F)c2cc1C1(O)CCN(C(C)=O)CC1. The van der Waals surface area contributed by atoms with Crippen molar-refractivity contribution in [3.63, 3.8) is 0 Å². The molecule has 1 atom stereocenters. The number of aliphatic hydroxyl groups is 1. The molecule has 2 aromatic carbocycles. The van der Waals surface area contributed by atoms with Gasteiger partial charge in [0.25, 0.3) is 6.43 Å². The quantitative estimate of drug-likeness (QED) is 0.492. The van der Waals surface area contributed by atoms with Crippen LogP contribution in [0.15, 0.2) is 30.3 Å². The number of carbonyl (C=O) groups is 1. The van der Waals surface area contributed by atoms with Crippen molar-refractivity contribution in [2.45, 2.75) is 51.7 Å². The van der Waals surface area contributed by atoms with Crippen LogP contribution in [0.4, 0.5) is 19.0 Å². The highest BCUT2D eigenvalue weighted by Crippen LogP contribution is 2.42. The third-order valence-electron chi connectivity index (χ3n) is 6.94. The number of ether oxygens (including phenoxy) is 1. The van der Waals surface area contributed by atoms with Crippen molar-refractivity contribution in [1.29, 1.82) is 0 Å². The summed E-state index contributed by atoms with van der Waals surface area (Å²) in [7, 11) is 1.52. The van der Waals surface area contributed by atoms with Crippen LogP contribution in [0.5, 0.6) is 5.75 Å². The van der Waals surface area contributed by atoms with Crippen LogP contribution in [-0.2, 0) is 10.4 Å². The number of amides is 1. The number of hydrogen-bond acceptors (Lipinski definition) is 6. The Kier molecular flexibility index (Phi) is 7.08. The van der Waals surface area contributed by atoms with Crippen molar-refractivity contribution < 1.29 is 27.8 Å². The van der Waals surface area contributed by atoms with Crippen LogP contribution >= 0.6 is 0 Å². The van der Waals surface area contributed by atoms with Crippen LogP contribution in [0.1, 0.15) is 61.5 Å². The molecule has 36 heavy (non-hydrogen) atoms. The molecule has 1 fully saturated rings. The van der Waals surface area contributed by atoms with Gasteiger partial charge in [-0.05, 0) is 38.8 Å². The first-order chi connectivity index (χ1) is 17.1. The minimum absolute atomic E-state index is 0.0444. The molecule has 4 rings (SSSR count). The van der Waals surface area contributed by atoms with Crippen LogP contribution in [0.3, 0.4) is 0 Å². The Bertz CT molecular complexity index is 1290. The molecule has 0 spiro atoms. The third-order valence-corrected chi connectivity index (χ3v) is 6.94.